The molecule has 1 nitrogen and oxygen atoms in total. The predicted octanol–water partition coefficient (Wildman–Crippen LogP) is 4.13. The Morgan fingerprint density at radius 1 is 1.47 bits per heavy atom. The van der Waals surface area contributed by atoms with Gasteiger partial charge >= 0.3 is 0 Å². The molecular formula is C12H18BrNS. The van der Waals surface area contributed by atoms with Gasteiger partial charge in [0.1, 0.15) is 0 Å². The highest BCUT2D eigenvalue weighted by Crippen LogP contribution is 2.25. The molecule has 1 aliphatic rings. The number of rotatable bonds is 2. The van der Waals surface area contributed by atoms with E-state index < -0.39 is 0 Å². The molecule has 1 saturated heterocycles. The molecular weight excluding hydrogens is 270 g/mol. The quantitative estimate of drug-likeness (QED) is 0.791. The Morgan fingerprint density at radius 2 is 2.33 bits per heavy atom. The number of nitrogens with zero attached hydrogens (tertiary/aromatic N) is 1. The molecule has 15 heavy (non-hydrogen) atoms. The normalized spacial score (nSPS) is 24.0. The highest BCUT2D eigenvalue weighted by molar-refractivity contribution is 9.10. The molecule has 1 atom stereocenters. The Bertz CT molecular complexity index is 310. The lowest BCUT2D eigenvalue weighted by Gasteiger charge is -2.19. The number of hydrogen-bond acceptors (Lipinski definition) is 2. The number of likely N-dealkylation sites (tertiary alicyclic amines) is 1. The molecule has 0 saturated carbocycles. The summed E-state index contributed by atoms with van der Waals surface area (Å²) in [6.07, 6.45) is 4.13. The van der Waals surface area contributed by atoms with Gasteiger partial charge in [-0.2, -0.15) is 0 Å². The van der Waals surface area contributed by atoms with Crippen LogP contribution in [0.5, 0.6) is 0 Å². The van der Waals surface area contributed by atoms with Gasteiger partial charge in [-0.3, -0.25) is 4.90 Å². The minimum atomic E-state index is 0.918. The van der Waals surface area contributed by atoms with E-state index in [9.17, 15) is 0 Å². The van der Waals surface area contributed by atoms with Gasteiger partial charge in [0.15, 0.2) is 0 Å². The van der Waals surface area contributed by atoms with E-state index >= 15 is 0 Å². The van der Waals surface area contributed by atoms with Crippen molar-refractivity contribution < 1.29 is 0 Å². The van der Waals surface area contributed by atoms with E-state index in [1.54, 1.807) is 0 Å². The van der Waals surface area contributed by atoms with Crippen molar-refractivity contribution in [2.75, 3.05) is 13.1 Å². The summed E-state index contributed by atoms with van der Waals surface area (Å²) in [5, 5.41) is 2.17. The van der Waals surface area contributed by atoms with Crippen LogP contribution in [-0.2, 0) is 6.54 Å². The topological polar surface area (TPSA) is 3.24 Å². The maximum atomic E-state index is 3.61. The minimum absolute atomic E-state index is 0.918. The summed E-state index contributed by atoms with van der Waals surface area (Å²) >= 11 is 5.47. The lowest BCUT2D eigenvalue weighted by molar-refractivity contribution is 0.275. The average molecular weight is 288 g/mol. The summed E-state index contributed by atoms with van der Waals surface area (Å²) in [4.78, 5) is 4.07. The van der Waals surface area contributed by atoms with Crippen LogP contribution < -0.4 is 0 Å². The van der Waals surface area contributed by atoms with Crippen molar-refractivity contribution in [1.29, 1.82) is 0 Å². The van der Waals surface area contributed by atoms with Crippen molar-refractivity contribution in [3.63, 3.8) is 0 Å². The third kappa shape index (κ3) is 3.30. The number of hydrogen-bond donors (Lipinski definition) is 0. The third-order valence-electron chi connectivity index (χ3n) is 3.17. The molecule has 1 aromatic rings. The van der Waals surface area contributed by atoms with Crippen LogP contribution in [0.2, 0.25) is 0 Å². The Kier molecular flexibility index (Phi) is 4.23. The highest BCUT2D eigenvalue weighted by Gasteiger charge is 2.15. The van der Waals surface area contributed by atoms with Gasteiger partial charge in [0.2, 0.25) is 0 Å². The average Bonchev–Trinajstić information content (AvgIpc) is 2.48. The molecule has 0 spiro atoms. The van der Waals surface area contributed by atoms with Crippen molar-refractivity contribution in [1.82, 2.24) is 4.90 Å². The van der Waals surface area contributed by atoms with Crippen molar-refractivity contribution in [3.05, 3.63) is 20.8 Å². The number of thiophene rings is 1. The van der Waals surface area contributed by atoms with Crippen LogP contribution in [0.4, 0.5) is 0 Å². The minimum Gasteiger partial charge on any atom is -0.298 e. The molecule has 1 aromatic heterocycles. The van der Waals surface area contributed by atoms with Crippen LogP contribution in [-0.4, -0.2) is 18.0 Å². The van der Waals surface area contributed by atoms with E-state index in [4.69, 9.17) is 0 Å². The first-order valence-corrected chi connectivity index (χ1v) is 7.37. The molecule has 0 bridgehead atoms. The fourth-order valence-corrected chi connectivity index (χ4v) is 3.64. The molecule has 0 radical (unpaired) electrons. The van der Waals surface area contributed by atoms with Crippen molar-refractivity contribution >= 4 is 27.3 Å². The van der Waals surface area contributed by atoms with E-state index in [1.165, 1.54) is 41.7 Å². The first kappa shape index (κ1) is 11.6. The first-order valence-electron chi connectivity index (χ1n) is 5.70. The van der Waals surface area contributed by atoms with Gasteiger partial charge in [0.05, 0.1) is 0 Å². The first-order chi connectivity index (χ1) is 7.25. The zero-order chi connectivity index (χ0) is 10.7. The van der Waals surface area contributed by atoms with Crippen LogP contribution in [0, 0.1) is 5.92 Å². The molecule has 1 aliphatic heterocycles. The van der Waals surface area contributed by atoms with Crippen LogP contribution in [0.25, 0.3) is 0 Å². The van der Waals surface area contributed by atoms with E-state index in [0.717, 1.165) is 12.5 Å². The van der Waals surface area contributed by atoms with Crippen LogP contribution in [0.15, 0.2) is 15.9 Å². The molecule has 3 heteroatoms. The zero-order valence-electron chi connectivity index (χ0n) is 9.21. The van der Waals surface area contributed by atoms with Crippen molar-refractivity contribution in [2.24, 2.45) is 5.92 Å². The molecule has 0 amide bonds. The predicted molar refractivity (Wildman–Crippen MR) is 70.3 cm³/mol. The molecule has 2 rings (SSSR count). The molecule has 1 unspecified atom stereocenters. The van der Waals surface area contributed by atoms with Gasteiger partial charge < -0.3 is 0 Å². The van der Waals surface area contributed by atoms with E-state index in [1.807, 2.05) is 11.3 Å². The van der Waals surface area contributed by atoms with E-state index in [0.29, 0.717) is 0 Å². The SMILES string of the molecule is CC1CCCN(Cc2sccc2Br)CC1. The summed E-state index contributed by atoms with van der Waals surface area (Å²) in [5.41, 5.74) is 0. The Balaban J connectivity index is 1.92. The van der Waals surface area contributed by atoms with Crippen LogP contribution in [0.3, 0.4) is 0 Å². The fraction of sp³-hybridized carbons (Fsp3) is 0.667. The maximum absolute atomic E-state index is 3.61. The molecule has 2 heterocycles. The van der Waals surface area contributed by atoms with Gasteiger partial charge in [-0.15, -0.1) is 11.3 Å². The summed E-state index contributed by atoms with van der Waals surface area (Å²) < 4.78 is 1.28. The van der Waals surface area contributed by atoms with Crippen LogP contribution in [0.1, 0.15) is 31.1 Å². The lowest BCUT2D eigenvalue weighted by atomic mass is 10.0. The monoisotopic (exact) mass is 287 g/mol. The van der Waals surface area contributed by atoms with Gasteiger partial charge in [-0.25, -0.2) is 0 Å². The Hall–Kier alpha value is 0.140. The molecule has 1 fully saturated rings. The maximum Gasteiger partial charge on any atom is 0.0339 e. The molecule has 84 valence electrons. The fourth-order valence-electron chi connectivity index (χ4n) is 2.12. The summed E-state index contributed by atoms with van der Waals surface area (Å²) in [7, 11) is 0. The largest absolute Gasteiger partial charge is 0.298 e. The molecule has 0 aromatic carbocycles. The standard InChI is InChI=1S/C12H18BrNS/c1-10-3-2-6-14(7-4-10)9-12-11(13)5-8-15-12/h5,8,10H,2-4,6-7,9H2,1H3. The second-order valence-electron chi connectivity index (χ2n) is 4.50. The Morgan fingerprint density at radius 3 is 3.07 bits per heavy atom. The summed E-state index contributed by atoms with van der Waals surface area (Å²) in [6.45, 7) is 6.05. The third-order valence-corrected chi connectivity index (χ3v) is 5.08. The van der Waals surface area contributed by atoms with E-state index in [2.05, 4.69) is 39.2 Å². The van der Waals surface area contributed by atoms with Gasteiger partial charge in [-0.05, 0) is 65.6 Å². The summed E-state index contributed by atoms with van der Waals surface area (Å²) in [6, 6.07) is 2.15. The van der Waals surface area contributed by atoms with Crippen molar-refractivity contribution in [3.8, 4) is 0 Å². The highest BCUT2D eigenvalue weighted by atomic mass is 79.9. The molecule has 0 N–H and O–H groups in total. The molecule has 0 aliphatic carbocycles. The van der Waals surface area contributed by atoms with E-state index in [-0.39, 0.29) is 0 Å². The second kappa shape index (κ2) is 5.46. The number of halogens is 1. The van der Waals surface area contributed by atoms with Gasteiger partial charge in [0, 0.05) is 15.9 Å². The summed E-state index contributed by atoms with van der Waals surface area (Å²) in [5.74, 6) is 0.918. The van der Waals surface area contributed by atoms with Crippen LogP contribution >= 0.6 is 27.3 Å². The Labute approximate surface area is 105 Å². The zero-order valence-corrected chi connectivity index (χ0v) is 11.6. The second-order valence-corrected chi connectivity index (χ2v) is 6.36. The lowest BCUT2D eigenvalue weighted by Crippen LogP contribution is -2.23. The van der Waals surface area contributed by atoms with Crippen molar-refractivity contribution in [2.45, 2.75) is 32.7 Å². The van der Waals surface area contributed by atoms with Gasteiger partial charge in [0.25, 0.3) is 0 Å². The smallest absolute Gasteiger partial charge is 0.0339 e. The van der Waals surface area contributed by atoms with Gasteiger partial charge in [-0.1, -0.05) is 6.92 Å².